The molecule has 3 fully saturated rings. The lowest BCUT2D eigenvalue weighted by Gasteiger charge is -2.39. The van der Waals surface area contributed by atoms with E-state index < -0.39 is 5.97 Å². The number of hydrogen-bond acceptors (Lipinski definition) is 3. The summed E-state index contributed by atoms with van der Waals surface area (Å²) in [4.78, 5) is 13.9. The van der Waals surface area contributed by atoms with E-state index in [2.05, 4.69) is 23.6 Å². The minimum absolute atomic E-state index is 0.0899. The van der Waals surface area contributed by atoms with Crippen LogP contribution in [0, 0.1) is 5.92 Å². The van der Waals surface area contributed by atoms with Gasteiger partial charge in [-0.25, -0.2) is 0 Å². The molecule has 4 heteroatoms. The molecule has 3 rings (SSSR count). The van der Waals surface area contributed by atoms with E-state index in [-0.39, 0.29) is 5.92 Å². The summed E-state index contributed by atoms with van der Waals surface area (Å²) in [5, 5.41) is 9.97. The summed E-state index contributed by atoms with van der Waals surface area (Å²) in [5.41, 5.74) is 0. The number of carboxylic acid groups (broad SMARTS) is 1. The first-order valence-corrected chi connectivity index (χ1v) is 7.85. The Bertz CT molecular complexity index is 323. The predicted molar refractivity (Wildman–Crippen MR) is 69.3 cm³/mol. The van der Waals surface area contributed by atoms with Gasteiger partial charge in [0.2, 0.25) is 0 Å². The molecule has 96 valence electrons. The van der Waals surface area contributed by atoms with E-state index in [4.69, 9.17) is 0 Å². The Kier molecular flexibility index (Phi) is 3.11. The van der Waals surface area contributed by atoms with Gasteiger partial charge in [-0.05, 0) is 37.9 Å². The van der Waals surface area contributed by atoms with Gasteiger partial charge in [-0.1, -0.05) is 6.92 Å². The van der Waals surface area contributed by atoms with E-state index in [1.807, 2.05) is 0 Å². The second-order valence-corrected chi connectivity index (χ2v) is 7.20. The van der Waals surface area contributed by atoms with E-state index in [9.17, 15) is 9.90 Å². The summed E-state index contributed by atoms with van der Waals surface area (Å²) in [6.45, 7) is 2.32. The fourth-order valence-corrected chi connectivity index (χ4v) is 5.32. The number of carbonyl (C=O) groups is 1. The molecular formula is C13H21NO2S. The van der Waals surface area contributed by atoms with E-state index in [0.717, 1.165) is 12.8 Å². The smallest absolute Gasteiger partial charge is 0.308 e. The quantitative estimate of drug-likeness (QED) is 0.821. The van der Waals surface area contributed by atoms with Crippen molar-refractivity contribution in [2.45, 2.75) is 62.4 Å². The summed E-state index contributed by atoms with van der Waals surface area (Å²) in [7, 11) is 0. The summed E-state index contributed by atoms with van der Waals surface area (Å²) in [6.07, 6.45) is 5.80. The minimum Gasteiger partial charge on any atom is -0.481 e. The first kappa shape index (κ1) is 11.8. The topological polar surface area (TPSA) is 40.5 Å². The van der Waals surface area contributed by atoms with Gasteiger partial charge in [0.1, 0.15) is 0 Å². The van der Waals surface area contributed by atoms with Crippen molar-refractivity contribution in [2.75, 3.05) is 5.75 Å². The zero-order chi connectivity index (χ0) is 12.0. The van der Waals surface area contributed by atoms with Crippen molar-refractivity contribution in [3.8, 4) is 0 Å². The molecule has 3 saturated heterocycles. The molecular weight excluding hydrogens is 234 g/mol. The molecule has 0 amide bonds. The highest BCUT2D eigenvalue weighted by atomic mass is 32.2. The summed E-state index contributed by atoms with van der Waals surface area (Å²) < 4.78 is 0. The molecule has 3 heterocycles. The minimum atomic E-state index is -0.571. The van der Waals surface area contributed by atoms with Crippen LogP contribution in [0.1, 0.15) is 39.0 Å². The number of fused-ring (bicyclic) bond motifs is 2. The van der Waals surface area contributed by atoms with Crippen LogP contribution in [-0.2, 0) is 4.79 Å². The van der Waals surface area contributed by atoms with Crippen LogP contribution in [-0.4, -0.2) is 45.1 Å². The van der Waals surface area contributed by atoms with Gasteiger partial charge in [-0.2, -0.15) is 11.8 Å². The SMILES string of the molecule is CC1SCCCC1N1C2CCC1C(C(=O)O)C2. The molecule has 5 unspecified atom stereocenters. The third kappa shape index (κ3) is 1.89. The predicted octanol–water partition coefficient (Wildman–Crippen LogP) is 2.21. The van der Waals surface area contributed by atoms with Crippen molar-refractivity contribution in [3.05, 3.63) is 0 Å². The first-order chi connectivity index (χ1) is 8.18. The molecule has 17 heavy (non-hydrogen) atoms. The number of nitrogens with zero attached hydrogens (tertiary/aromatic N) is 1. The van der Waals surface area contributed by atoms with Gasteiger partial charge in [0, 0.05) is 23.4 Å². The van der Waals surface area contributed by atoms with Crippen molar-refractivity contribution in [1.29, 1.82) is 0 Å². The summed E-state index contributed by atoms with van der Waals surface area (Å²) in [5.74, 6) is 0.620. The number of aliphatic carboxylic acids is 1. The van der Waals surface area contributed by atoms with Gasteiger partial charge >= 0.3 is 5.97 Å². The average Bonchev–Trinajstić information content (AvgIpc) is 2.87. The molecule has 2 bridgehead atoms. The lowest BCUT2D eigenvalue weighted by Crippen LogP contribution is -2.47. The van der Waals surface area contributed by atoms with Crippen molar-refractivity contribution < 1.29 is 9.90 Å². The van der Waals surface area contributed by atoms with Gasteiger partial charge in [-0.3, -0.25) is 9.69 Å². The van der Waals surface area contributed by atoms with Crippen LogP contribution in [0.2, 0.25) is 0 Å². The first-order valence-electron chi connectivity index (χ1n) is 6.80. The number of hydrogen-bond donors (Lipinski definition) is 1. The molecule has 0 radical (unpaired) electrons. The molecule has 0 aliphatic carbocycles. The van der Waals surface area contributed by atoms with Gasteiger partial charge in [0.15, 0.2) is 0 Å². The van der Waals surface area contributed by atoms with Crippen LogP contribution in [0.3, 0.4) is 0 Å². The number of rotatable bonds is 2. The molecule has 3 aliphatic rings. The second-order valence-electron chi connectivity index (χ2n) is 5.71. The van der Waals surface area contributed by atoms with Gasteiger partial charge in [0.25, 0.3) is 0 Å². The van der Waals surface area contributed by atoms with E-state index in [1.54, 1.807) is 0 Å². The molecule has 3 nitrogen and oxygen atoms in total. The van der Waals surface area contributed by atoms with Crippen molar-refractivity contribution in [2.24, 2.45) is 5.92 Å². The summed E-state index contributed by atoms with van der Waals surface area (Å²) >= 11 is 2.07. The highest BCUT2D eigenvalue weighted by molar-refractivity contribution is 7.99. The monoisotopic (exact) mass is 255 g/mol. The fraction of sp³-hybridized carbons (Fsp3) is 0.923. The van der Waals surface area contributed by atoms with E-state index in [0.29, 0.717) is 23.4 Å². The van der Waals surface area contributed by atoms with Gasteiger partial charge in [0.05, 0.1) is 5.92 Å². The largest absolute Gasteiger partial charge is 0.481 e. The maximum Gasteiger partial charge on any atom is 0.308 e. The zero-order valence-electron chi connectivity index (χ0n) is 10.3. The van der Waals surface area contributed by atoms with Gasteiger partial charge < -0.3 is 5.11 Å². The van der Waals surface area contributed by atoms with Crippen LogP contribution < -0.4 is 0 Å². The molecule has 0 aromatic heterocycles. The molecule has 3 aliphatic heterocycles. The molecule has 5 atom stereocenters. The third-order valence-corrected chi connectivity index (χ3v) is 6.22. The Morgan fingerprint density at radius 3 is 2.76 bits per heavy atom. The maximum atomic E-state index is 11.3. The van der Waals surface area contributed by atoms with Crippen LogP contribution >= 0.6 is 11.8 Å². The maximum absolute atomic E-state index is 11.3. The van der Waals surface area contributed by atoms with E-state index in [1.165, 1.54) is 25.0 Å². The number of thioether (sulfide) groups is 1. The Labute approximate surface area is 107 Å². The van der Waals surface area contributed by atoms with Crippen molar-refractivity contribution >= 4 is 17.7 Å². The Morgan fingerprint density at radius 2 is 2.12 bits per heavy atom. The molecule has 0 spiro atoms. The highest BCUT2D eigenvalue weighted by Crippen LogP contribution is 2.46. The standard InChI is InChI=1S/C13H21NO2S/c1-8-11(3-2-6-17-8)14-9-4-5-12(14)10(7-9)13(15)16/h8-12H,2-7H2,1H3,(H,15,16). The Balaban J connectivity index is 1.77. The normalized spacial score (nSPS) is 46.3. The van der Waals surface area contributed by atoms with Gasteiger partial charge in [-0.15, -0.1) is 0 Å². The third-order valence-electron chi connectivity index (χ3n) is 4.86. The number of carboxylic acids is 1. The lowest BCUT2D eigenvalue weighted by atomic mass is 9.89. The van der Waals surface area contributed by atoms with Crippen LogP contribution in [0.5, 0.6) is 0 Å². The second kappa shape index (κ2) is 4.47. The van der Waals surface area contributed by atoms with Crippen LogP contribution in [0.4, 0.5) is 0 Å². The zero-order valence-corrected chi connectivity index (χ0v) is 11.2. The Hall–Kier alpha value is -0.220. The van der Waals surface area contributed by atoms with Crippen molar-refractivity contribution in [3.63, 3.8) is 0 Å². The van der Waals surface area contributed by atoms with E-state index >= 15 is 0 Å². The van der Waals surface area contributed by atoms with Crippen LogP contribution in [0.25, 0.3) is 0 Å². The lowest BCUT2D eigenvalue weighted by molar-refractivity contribution is -0.142. The molecule has 1 N–H and O–H groups in total. The van der Waals surface area contributed by atoms with Crippen LogP contribution in [0.15, 0.2) is 0 Å². The Morgan fingerprint density at radius 1 is 1.29 bits per heavy atom. The molecule has 0 aromatic carbocycles. The average molecular weight is 255 g/mol. The molecule has 0 aromatic rings. The van der Waals surface area contributed by atoms with Crippen molar-refractivity contribution in [1.82, 2.24) is 4.90 Å². The summed E-state index contributed by atoms with van der Waals surface area (Å²) in [6, 6.07) is 1.53. The molecule has 0 saturated carbocycles. The fourth-order valence-electron chi connectivity index (χ4n) is 4.11. The highest BCUT2D eigenvalue weighted by Gasteiger charge is 2.52.